The fourth-order valence-corrected chi connectivity index (χ4v) is 5.68. The van der Waals surface area contributed by atoms with E-state index in [-0.39, 0.29) is 11.8 Å². The lowest BCUT2D eigenvalue weighted by Gasteiger charge is -2.38. The molecule has 3 aliphatic rings. The van der Waals surface area contributed by atoms with E-state index in [9.17, 15) is 9.59 Å². The molecule has 1 aromatic rings. The van der Waals surface area contributed by atoms with E-state index in [0.29, 0.717) is 21.3 Å². The fourth-order valence-electron chi connectivity index (χ4n) is 4.22. The average molecular weight is 399 g/mol. The molecule has 1 saturated heterocycles. The molecular weight excluding hydrogens is 376 g/mol. The largest absolute Gasteiger partial charge is 0.298 e. The van der Waals surface area contributed by atoms with Gasteiger partial charge in [-0.1, -0.05) is 37.0 Å². The number of allylic oxidation sites excluding steroid dienone is 1. The van der Waals surface area contributed by atoms with Gasteiger partial charge in [-0.15, -0.1) is 0 Å². The highest BCUT2D eigenvalue weighted by atomic mass is 32.2. The van der Waals surface area contributed by atoms with Crippen molar-refractivity contribution in [2.75, 3.05) is 11.4 Å². The Morgan fingerprint density at radius 3 is 2.37 bits per heavy atom. The van der Waals surface area contributed by atoms with Crippen LogP contribution < -0.4 is 4.90 Å². The van der Waals surface area contributed by atoms with Crippen LogP contribution in [0, 0.1) is 0 Å². The van der Waals surface area contributed by atoms with Gasteiger partial charge in [0, 0.05) is 17.7 Å². The zero-order chi connectivity index (χ0) is 19.7. The monoisotopic (exact) mass is 398 g/mol. The average Bonchev–Trinajstić information content (AvgIpc) is 3.05. The SMILES string of the molecule is CCc1cc2c3c(c1)C(=C1SC(=S)N(CC)C1=O)C(=O)N3C(C)(C)C=C2C. The number of amides is 2. The van der Waals surface area contributed by atoms with Crippen molar-refractivity contribution in [3.05, 3.63) is 39.8 Å². The maximum Gasteiger partial charge on any atom is 0.266 e. The van der Waals surface area contributed by atoms with Crippen LogP contribution >= 0.6 is 24.0 Å². The first kappa shape index (κ1) is 18.4. The predicted molar refractivity (Wildman–Crippen MR) is 116 cm³/mol. The summed E-state index contributed by atoms with van der Waals surface area (Å²) in [6, 6.07) is 4.24. The van der Waals surface area contributed by atoms with Crippen LogP contribution in [0.25, 0.3) is 11.1 Å². The first-order valence-corrected chi connectivity index (χ1v) is 10.4. The topological polar surface area (TPSA) is 40.6 Å². The van der Waals surface area contributed by atoms with E-state index in [2.05, 4.69) is 32.1 Å². The Hall–Kier alpha value is -1.92. The third-order valence-corrected chi connectivity index (χ3v) is 6.90. The number of carbonyl (C=O) groups excluding carboxylic acids is 2. The predicted octanol–water partition coefficient (Wildman–Crippen LogP) is 4.38. The van der Waals surface area contributed by atoms with Crippen molar-refractivity contribution in [1.29, 1.82) is 0 Å². The second kappa shape index (κ2) is 6.04. The smallest absolute Gasteiger partial charge is 0.266 e. The summed E-state index contributed by atoms with van der Waals surface area (Å²) < 4.78 is 0.521. The summed E-state index contributed by atoms with van der Waals surface area (Å²) in [4.78, 5) is 30.4. The van der Waals surface area contributed by atoms with Crippen LogP contribution in [0.5, 0.6) is 0 Å². The quantitative estimate of drug-likeness (QED) is 0.547. The van der Waals surface area contributed by atoms with E-state index < -0.39 is 5.54 Å². The third kappa shape index (κ3) is 2.46. The van der Waals surface area contributed by atoms with Crippen LogP contribution in [0.4, 0.5) is 5.69 Å². The van der Waals surface area contributed by atoms with Crippen LogP contribution in [0.15, 0.2) is 23.1 Å². The van der Waals surface area contributed by atoms with Crippen molar-refractivity contribution >= 4 is 56.9 Å². The second-order valence-electron chi connectivity index (χ2n) is 7.64. The van der Waals surface area contributed by atoms with E-state index in [0.717, 1.165) is 34.4 Å². The molecule has 0 spiro atoms. The molecule has 6 heteroatoms. The number of nitrogens with zero attached hydrogens (tertiary/aromatic N) is 2. The minimum Gasteiger partial charge on any atom is -0.298 e. The Kier molecular flexibility index (Phi) is 4.13. The van der Waals surface area contributed by atoms with Crippen molar-refractivity contribution < 1.29 is 9.59 Å². The number of thioether (sulfide) groups is 1. The lowest BCUT2D eigenvalue weighted by Crippen LogP contribution is -2.46. The lowest BCUT2D eigenvalue weighted by molar-refractivity contribution is -0.122. The number of rotatable bonds is 2. The number of hydrogen-bond donors (Lipinski definition) is 0. The molecule has 4 rings (SSSR count). The molecule has 3 heterocycles. The molecule has 0 radical (unpaired) electrons. The van der Waals surface area contributed by atoms with Crippen molar-refractivity contribution in [3.63, 3.8) is 0 Å². The van der Waals surface area contributed by atoms with Gasteiger partial charge < -0.3 is 0 Å². The van der Waals surface area contributed by atoms with Crippen LogP contribution in [-0.2, 0) is 16.0 Å². The lowest BCUT2D eigenvalue weighted by atomic mass is 9.87. The number of carbonyl (C=O) groups is 2. The van der Waals surface area contributed by atoms with Crippen molar-refractivity contribution in [1.82, 2.24) is 4.90 Å². The third-order valence-electron chi connectivity index (χ3n) is 5.45. The normalized spacial score (nSPS) is 23.3. The number of hydrogen-bond acceptors (Lipinski definition) is 4. The number of thiocarbonyl (C=S) groups is 1. The molecule has 0 atom stereocenters. The van der Waals surface area contributed by atoms with Gasteiger partial charge in [0.1, 0.15) is 4.32 Å². The number of likely N-dealkylation sites (N-methyl/N-ethyl adjacent to an activating group) is 1. The number of aryl methyl sites for hydroxylation is 1. The molecule has 1 aromatic carbocycles. The zero-order valence-electron chi connectivity index (χ0n) is 16.2. The molecule has 0 unspecified atom stereocenters. The molecule has 0 aromatic heterocycles. The summed E-state index contributed by atoms with van der Waals surface area (Å²) in [6.07, 6.45) is 3.00. The van der Waals surface area contributed by atoms with E-state index in [1.165, 1.54) is 11.8 Å². The van der Waals surface area contributed by atoms with Gasteiger partial charge in [-0.2, -0.15) is 0 Å². The van der Waals surface area contributed by atoms with Crippen LogP contribution in [0.1, 0.15) is 51.3 Å². The highest BCUT2D eigenvalue weighted by Gasteiger charge is 2.48. The van der Waals surface area contributed by atoms with E-state index in [4.69, 9.17) is 12.2 Å². The summed E-state index contributed by atoms with van der Waals surface area (Å²) >= 11 is 6.62. The molecular formula is C21H22N2O2S2. The Morgan fingerprint density at radius 1 is 1.11 bits per heavy atom. The molecule has 4 nitrogen and oxygen atoms in total. The van der Waals surface area contributed by atoms with Crippen LogP contribution in [0.3, 0.4) is 0 Å². The molecule has 0 N–H and O–H groups in total. The minimum absolute atomic E-state index is 0.107. The van der Waals surface area contributed by atoms with Gasteiger partial charge in [0.25, 0.3) is 11.8 Å². The van der Waals surface area contributed by atoms with Gasteiger partial charge in [0.15, 0.2) is 0 Å². The molecule has 0 saturated carbocycles. The molecule has 0 aliphatic carbocycles. The van der Waals surface area contributed by atoms with Gasteiger partial charge in [-0.05, 0) is 57.4 Å². The number of benzene rings is 1. The Labute approximate surface area is 169 Å². The van der Waals surface area contributed by atoms with Crippen LogP contribution in [-0.4, -0.2) is 33.1 Å². The maximum absolute atomic E-state index is 13.5. The van der Waals surface area contributed by atoms with Crippen molar-refractivity contribution in [2.24, 2.45) is 0 Å². The Morgan fingerprint density at radius 2 is 1.78 bits per heavy atom. The van der Waals surface area contributed by atoms with E-state index in [1.54, 1.807) is 4.90 Å². The second-order valence-corrected chi connectivity index (χ2v) is 9.28. The van der Waals surface area contributed by atoms with E-state index in [1.807, 2.05) is 25.7 Å². The van der Waals surface area contributed by atoms with Gasteiger partial charge in [-0.25, -0.2) is 0 Å². The Bertz CT molecular complexity index is 988. The van der Waals surface area contributed by atoms with Gasteiger partial charge in [0.05, 0.1) is 21.7 Å². The summed E-state index contributed by atoms with van der Waals surface area (Å²) in [5, 5.41) is 0. The van der Waals surface area contributed by atoms with E-state index >= 15 is 0 Å². The Balaban J connectivity index is 2.04. The molecule has 2 amide bonds. The molecule has 140 valence electrons. The highest BCUT2D eigenvalue weighted by Crippen LogP contribution is 2.52. The highest BCUT2D eigenvalue weighted by molar-refractivity contribution is 8.26. The summed E-state index contributed by atoms with van der Waals surface area (Å²) in [5.74, 6) is -0.265. The van der Waals surface area contributed by atoms with Crippen LogP contribution in [0.2, 0.25) is 0 Å². The molecule has 0 bridgehead atoms. The van der Waals surface area contributed by atoms with Gasteiger partial charge in [0.2, 0.25) is 0 Å². The standard InChI is InChI=1S/C21H22N2O2S2/c1-6-12-8-13-11(3)10-21(4,5)23-16(13)14(9-12)15(18(23)24)17-19(25)22(7-2)20(26)27-17/h8-10H,6-7H2,1-5H3. The van der Waals surface area contributed by atoms with Gasteiger partial charge >= 0.3 is 0 Å². The summed E-state index contributed by atoms with van der Waals surface area (Å²) in [7, 11) is 0. The van der Waals surface area contributed by atoms with Gasteiger partial charge in [-0.3, -0.25) is 19.4 Å². The minimum atomic E-state index is -0.448. The maximum atomic E-state index is 13.5. The first-order chi connectivity index (χ1) is 12.7. The first-order valence-electron chi connectivity index (χ1n) is 9.20. The summed E-state index contributed by atoms with van der Waals surface area (Å²) in [5.41, 5.74) is 5.26. The fraction of sp³-hybridized carbons (Fsp3) is 0.381. The number of anilines is 1. The summed E-state index contributed by atoms with van der Waals surface area (Å²) in [6.45, 7) is 10.7. The zero-order valence-corrected chi connectivity index (χ0v) is 17.8. The molecule has 3 aliphatic heterocycles. The molecule has 27 heavy (non-hydrogen) atoms. The van der Waals surface area contributed by atoms with Crippen molar-refractivity contribution in [2.45, 2.75) is 46.6 Å². The molecule has 1 fully saturated rings. The van der Waals surface area contributed by atoms with Crippen molar-refractivity contribution in [3.8, 4) is 0 Å².